The van der Waals surface area contributed by atoms with E-state index in [-0.39, 0.29) is 18.4 Å². The van der Waals surface area contributed by atoms with E-state index >= 15 is 0 Å². The highest BCUT2D eigenvalue weighted by atomic mass is 35.5. The number of amides is 2. The summed E-state index contributed by atoms with van der Waals surface area (Å²) in [6.07, 6.45) is 0.684. The van der Waals surface area contributed by atoms with Crippen LogP contribution >= 0.6 is 23.2 Å². The summed E-state index contributed by atoms with van der Waals surface area (Å²) in [5.74, 6) is -0.342. The van der Waals surface area contributed by atoms with Gasteiger partial charge in [0.05, 0.1) is 6.54 Å². The normalized spacial score (nSPS) is 10.4. The Morgan fingerprint density at radius 2 is 1.72 bits per heavy atom. The Hall–Kier alpha value is -2.04. The quantitative estimate of drug-likeness (QED) is 0.798. The molecule has 1 N–H and O–H groups in total. The van der Waals surface area contributed by atoms with Crippen LogP contribution in [0.3, 0.4) is 0 Å². The van der Waals surface area contributed by atoms with Gasteiger partial charge in [0.15, 0.2) is 0 Å². The fourth-order valence-electron chi connectivity index (χ4n) is 2.36. The fourth-order valence-corrected chi connectivity index (χ4v) is 2.70. The molecule has 0 aliphatic rings. The molecule has 0 spiro atoms. The topological polar surface area (TPSA) is 49.4 Å². The Morgan fingerprint density at radius 3 is 2.36 bits per heavy atom. The minimum absolute atomic E-state index is 0.0213. The minimum atomic E-state index is -0.189. The first-order valence-electron chi connectivity index (χ1n) is 7.95. The summed E-state index contributed by atoms with van der Waals surface area (Å²) < 4.78 is 0. The number of carbonyl (C=O) groups is 2. The Kier molecular flexibility index (Phi) is 7.29. The highest BCUT2D eigenvalue weighted by molar-refractivity contribution is 6.30. The predicted molar refractivity (Wildman–Crippen MR) is 101 cm³/mol. The molecule has 0 aliphatic heterocycles. The number of benzene rings is 2. The Morgan fingerprint density at radius 1 is 1.00 bits per heavy atom. The van der Waals surface area contributed by atoms with E-state index in [0.29, 0.717) is 29.6 Å². The minimum Gasteiger partial charge on any atom is -0.354 e. The molecule has 2 amide bonds. The van der Waals surface area contributed by atoms with Crippen LogP contribution in [0, 0.1) is 0 Å². The number of hydrogen-bond donors (Lipinski definition) is 1. The maximum absolute atomic E-state index is 12.1. The lowest BCUT2D eigenvalue weighted by Gasteiger charge is -2.20. The lowest BCUT2D eigenvalue weighted by molar-refractivity contribution is -0.134. The number of halogens is 2. The van der Waals surface area contributed by atoms with Crippen LogP contribution in [0.15, 0.2) is 48.5 Å². The van der Waals surface area contributed by atoms with E-state index in [2.05, 4.69) is 5.32 Å². The zero-order chi connectivity index (χ0) is 18.2. The molecule has 0 heterocycles. The number of nitrogens with zero attached hydrogens (tertiary/aromatic N) is 1. The van der Waals surface area contributed by atoms with Crippen molar-refractivity contribution in [2.24, 2.45) is 0 Å². The van der Waals surface area contributed by atoms with Gasteiger partial charge in [0, 0.05) is 30.1 Å². The van der Waals surface area contributed by atoms with Gasteiger partial charge in [-0.15, -0.1) is 0 Å². The molecule has 2 aromatic rings. The molecule has 6 heteroatoms. The van der Waals surface area contributed by atoms with Crippen LogP contribution in [0.4, 0.5) is 0 Å². The van der Waals surface area contributed by atoms with Crippen LogP contribution < -0.4 is 5.32 Å². The molecular weight excluding hydrogens is 359 g/mol. The molecule has 0 atom stereocenters. The second-order valence-corrected chi connectivity index (χ2v) is 6.60. The predicted octanol–water partition coefficient (Wildman–Crippen LogP) is 3.70. The van der Waals surface area contributed by atoms with Gasteiger partial charge in [0.25, 0.3) is 0 Å². The van der Waals surface area contributed by atoms with Crippen molar-refractivity contribution in [2.45, 2.75) is 19.9 Å². The summed E-state index contributed by atoms with van der Waals surface area (Å²) in [5.41, 5.74) is 1.98. The van der Waals surface area contributed by atoms with E-state index in [4.69, 9.17) is 23.2 Å². The Labute approximate surface area is 157 Å². The van der Waals surface area contributed by atoms with Gasteiger partial charge in [-0.25, -0.2) is 0 Å². The van der Waals surface area contributed by atoms with E-state index in [1.165, 1.54) is 11.8 Å². The molecule has 0 saturated carbocycles. The van der Waals surface area contributed by atoms with E-state index < -0.39 is 0 Å². The van der Waals surface area contributed by atoms with Gasteiger partial charge in [0.2, 0.25) is 11.8 Å². The zero-order valence-electron chi connectivity index (χ0n) is 14.0. The monoisotopic (exact) mass is 378 g/mol. The van der Waals surface area contributed by atoms with Gasteiger partial charge in [-0.2, -0.15) is 0 Å². The van der Waals surface area contributed by atoms with Crippen molar-refractivity contribution in [3.8, 4) is 0 Å². The van der Waals surface area contributed by atoms with Gasteiger partial charge in [-0.05, 0) is 41.8 Å². The second kappa shape index (κ2) is 9.44. The van der Waals surface area contributed by atoms with E-state index in [1.807, 2.05) is 36.4 Å². The van der Waals surface area contributed by atoms with Gasteiger partial charge < -0.3 is 10.2 Å². The summed E-state index contributed by atoms with van der Waals surface area (Å²) in [5, 5.41) is 4.15. The summed E-state index contributed by atoms with van der Waals surface area (Å²) in [6, 6.07) is 14.7. The average Bonchev–Trinajstić information content (AvgIpc) is 2.56. The number of carbonyl (C=O) groups excluding carboxylic acids is 2. The SMILES string of the molecule is CC(=O)N(CC(=O)NCCc1cccc(Cl)c1)Cc1ccc(Cl)cc1. The first-order chi connectivity index (χ1) is 11.9. The smallest absolute Gasteiger partial charge is 0.239 e. The third kappa shape index (κ3) is 6.77. The summed E-state index contributed by atoms with van der Waals surface area (Å²) in [7, 11) is 0. The van der Waals surface area contributed by atoms with Crippen LogP contribution in [-0.4, -0.2) is 29.8 Å². The van der Waals surface area contributed by atoms with Gasteiger partial charge in [-0.3, -0.25) is 9.59 Å². The van der Waals surface area contributed by atoms with Crippen LogP contribution in [-0.2, 0) is 22.6 Å². The standard InChI is InChI=1S/C19H20Cl2N2O2/c1-14(24)23(12-16-5-7-17(20)8-6-16)13-19(25)22-10-9-15-3-2-4-18(21)11-15/h2-8,11H,9-10,12-13H2,1H3,(H,22,25). The fraction of sp³-hybridized carbons (Fsp3) is 0.263. The summed E-state index contributed by atoms with van der Waals surface area (Å²) in [4.78, 5) is 25.4. The number of rotatable bonds is 7. The Balaban J connectivity index is 1.83. The zero-order valence-corrected chi connectivity index (χ0v) is 15.5. The maximum Gasteiger partial charge on any atom is 0.239 e. The molecule has 2 aromatic carbocycles. The van der Waals surface area contributed by atoms with E-state index in [1.54, 1.807) is 12.1 Å². The molecule has 0 bridgehead atoms. The van der Waals surface area contributed by atoms with Gasteiger partial charge in [0.1, 0.15) is 0 Å². The lowest BCUT2D eigenvalue weighted by atomic mass is 10.1. The molecule has 0 unspecified atom stereocenters. The molecule has 0 radical (unpaired) electrons. The molecule has 0 aromatic heterocycles. The van der Waals surface area contributed by atoms with Gasteiger partial charge in [-0.1, -0.05) is 47.5 Å². The lowest BCUT2D eigenvalue weighted by Crippen LogP contribution is -2.39. The largest absolute Gasteiger partial charge is 0.354 e. The van der Waals surface area contributed by atoms with Crippen LogP contribution in [0.2, 0.25) is 10.0 Å². The highest BCUT2D eigenvalue weighted by Crippen LogP contribution is 2.12. The van der Waals surface area contributed by atoms with Crippen molar-refractivity contribution in [1.29, 1.82) is 0 Å². The molecule has 0 saturated heterocycles. The molecule has 0 fully saturated rings. The van der Waals surface area contributed by atoms with Crippen molar-refractivity contribution in [2.75, 3.05) is 13.1 Å². The van der Waals surface area contributed by atoms with Crippen molar-refractivity contribution >= 4 is 35.0 Å². The van der Waals surface area contributed by atoms with Crippen molar-refractivity contribution in [1.82, 2.24) is 10.2 Å². The second-order valence-electron chi connectivity index (χ2n) is 5.73. The molecule has 4 nitrogen and oxygen atoms in total. The number of hydrogen-bond acceptors (Lipinski definition) is 2. The maximum atomic E-state index is 12.1. The molecular formula is C19H20Cl2N2O2. The summed E-state index contributed by atoms with van der Waals surface area (Å²) in [6.45, 7) is 2.34. The third-order valence-corrected chi connectivity index (χ3v) is 4.18. The highest BCUT2D eigenvalue weighted by Gasteiger charge is 2.14. The third-order valence-electron chi connectivity index (χ3n) is 3.69. The van der Waals surface area contributed by atoms with Crippen molar-refractivity contribution in [3.63, 3.8) is 0 Å². The Bertz CT molecular complexity index is 732. The van der Waals surface area contributed by atoms with Crippen LogP contribution in [0.1, 0.15) is 18.1 Å². The van der Waals surface area contributed by atoms with Gasteiger partial charge >= 0.3 is 0 Å². The molecule has 2 rings (SSSR count). The summed E-state index contributed by atoms with van der Waals surface area (Å²) >= 11 is 11.8. The van der Waals surface area contributed by atoms with E-state index in [0.717, 1.165) is 11.1 Å². The molecule has 0 aliphatic carbocycles. The number of nitrogens with one attached hydrogen (secondary N) is 1. The van der Waals surface area contributed by atoms with Crippen LogP contribution in [0.25, 0.3) is 0 Å². The van der Waals surface area contributed by atoms with E-state index in [9.17, 15) is 9.59 Å². The average molecular weight is 379 g/mol. The molecule has 132 valence electrons. The molecule has 25 heavy (non-hydrogen) atoms. The van der Waals surface area contributed by atoms with Crippen molar-refractivity contribution < 1.29 is 9.59 Å². The first-order valence-corrected chi connectivity index (χ1v) is 8.71. The van der Waals surface area contributed by atoms with Crippen molar-refractivity contribution in [3.05, 3.63) is 69.7 Å². The van der Waals surface area contributed by atoms with Crippen LogP contribution in [0.5, 0.6) is 0 Å². The first kappa shape index (κ1) is 19.3.